The first kappa shape index (κ1) is 18.4. The largest absolute Gasteiger partial charge is 0.493 e. The number of hydrogen-bond acceptors (Lipinski definition) is 5. The topological polar surface area (TPSA) is 82.1 Å². The molecule has 2 aromatic carbocycles. The Hall–Kier alpha value is -3.35. The average molecular weight is 372 g/mol. The van der Waals surface area contributed by atoms with Crippen LogP contribution in [-0.2, 0) is 4.79 Å². The SMILES string of the molecule is COc1cc(C=C2CCOc3ccc(F)cc3C2=O)ccc1OCC(=O)O. The highest BCUT2D eigenvalue weighted by atomic mass is 19.1. The maximum atomic E-state index is 13.5. The lowest BCUT2D eigenvalue weighted by Crippen LogP contribution is -2.10. The second kappa shape index (κ2) is 7.90. The first-order valence-corrected chi connectivity index (χ1v) is 8.18. The molecule has 6 nitrogen and oxygen atoms in total. The van der Waals surface area contributed by atoms with Crippen LogP contribution in [0.1, 0.15) is 22.3 Å². The van der Waals surface area contributed by atoms with Crippen LogP contribution in [-0.4, -0.2) is 37.2 Å². The summed E-state index contributed by atoms with van der Waals surface area (Å²) in [6.07, 6.45) is 2.05. The molecular weight excluding hydrogens is 355 g/mol. The zero-order valence-corrected chi connectivity index (χ0v) is 14.5. The van der Waals surface area contributed by atoms with Gasteiger partial charge in [-0.05, 0) is 42.0 Å². The van der Waals surface area contributed by atoms with E-state index >= 15 is 0 Å². The van der Waals surface area contributed by atoms with Crippen LogP contribution in [0.5, 0.6) is 17.2 Å². The van der Waals surface area contributed by atoms with E-state index in [1.807, 2.05) is 0 Å². The molecule has 0 bridgehead atoms. The highest BCUT2D eigenvalue weighted by Crippen LogP contribution is 2.31. The summed E-state index contributed by atoms with van der Waals surface area (Å²) in [5, 5.41) is 8.71. The molecule has 27 heavy (non-hydrogen) atoms. The Morgan fingerprint density at radius 1 is 1.26 bits per heavy atom. The van der Waals surface area contributed by atoms with E-state index in [4.69, 9.17) is 19.3 Å². The molecule has 0 radical (unpaired) electrons. The zero-order valence-electron chi connectivity index (χ0n) is 14.5. The molecule has 0 amide bonds. The lowest BCUT2D eigenvalue weighted by molar-refractivity contribution is -0.139. The molecule has 0 spiro atoms. The summed E-state index contributed by atoms with van der Waals surface area (Å²) >= 11 is 0. The predicted molar refractivity (Wildman–Crippen MR) is 94.9 cm³/mol. The van der Waals surface area contributed by atoms with E-state index in [0.29, 0.717) is 35.7 Å². The van der Waals surface area contributed by atoms with Crippen LogP contribution < -0.4 is 14.2 Å². The summed E-state index contributed by atoms with van der Waals surface area (Å²) in [6, 6.07) is 8.75. The van der Waals surface area contributed by atoms with Crippen LogP contribution >= 0.6 is 0 Å². The number of hydrogen-bond donors (Lipinski definition) is 1. The highest BCUT2D eigenvalue weighted by molar-refractivity contribution is 6.13. The quantitative estimate of drug-likeness (QED) is 0.811. The van der Waals surface area contributed by atoms with Crippen LogP contribution in [0, 0.1) is 5.82 Å². The van der Waals surface area contributed by atoms with E-state index in [0.717, 1.165) is 0 Å². The summed E-state index contributed by atoms with van der Waals surface area (Å²) in [4.78, 5) is 23.4. The number of carboxylic acid groups (broad SMARTS) is 1. The number of carbonyl (C=O) groups is 2. The molecule has 0 saturated carbocycles. The van der Waals surface area contributed by atoms with Crippen molar-refractivity contribution in [3.63, 3.8) is 0 Å². The molecule has 0 fully saturated rings. The van der Waals surface area contributed by atoms with Crippen molar-refractivity contribution in [3.8, 4) is 17.2 Å². The molecule has 7 heteroatoms. The monoisotopic (exact) mass is 372 g/mol. The van der Waals surface area contributed by atoms with Gasteiger partial charge in [-0.3, -0.25) is 4.79 Å². The number of Topliss-reactive ketones (excluding diaryl/α,β-unsaturated/α-hetero) is 1. The van der Waals surface area contributed by atoms with E-state index in [1.165, 1.54) is 25.3 Å². The third-order valence-electron chi connectivity index (χ3n) is 3.99. The molecule has 0 saturated heterocycles. The maximum absolute atomic E-state index is 13.5. The van der Waals surface area contributed by atoms with Gasteiger partial charge in [0.1, 0.15) is 11.6 Å². The van der Waals surface area contributed by atoms with Crippen LogP contribution in [0.15, 0.2) is 42.0 Å². The van der Waals surface area contributed by atoms with Gasteiger partial charge in [-0.1, -0.05) is 6.07 Å². The number of benzene rings is 2. The van der Waals surface area contributed by atoms with Gasteiger partial charge in [-0.2, -0.15) is 0 Å². The Kier molecular flexibility index (Phi) is 5.40. The number of carboxylic acids is 1. The van der Waals surface area contributed by atoms with Gasteiger partial charge < -0.3 is 19.3 Å². The molecule has 2 aromatic rings. The van der Waals surface area contributed by atoms with Crippen LogP contribution in [0.4, 0.5) is 4.39 Å². The summed E-state index contributed by atoms with van der Waals surface area (Å²) in [7, 11) is 1.43. The normalized spacial score (nSPS) is 14.9. The second-order valence-corrected chi connectivity index (χ2v) is 5.83. The van der Waals surface area contributed by atoms with Crippen LogP contribution in [0.2, 0.25) is 0 Å². The van der Waals surface area contributed by atoms with Crippen molar-refractivity contribution < 1.29 is 33.3 Å². The molecule has 3 rings (SSSR count). The van der Waals surface area contributed by atoms with Crippen molar-refractivity contribution in [1.29, 1.82) is 0 Å². The van der Waals surface area contributed by atoms with Gasteiger partial charge in [0.2, 0.25) is 0 Å². The number of carbonyl (C=O) groups excluding carboxylic acids is 1. The number of rotatable bonds is 5. The van der Waals surface area contributed by atoms with Crippen molar-refractivity contribution in [1.82, 2.24) is 0 Å². The van der Waals surface area contributed by atoms with Gasteiger partial charge >= 0.3 is 5.97 Å². The molecule has 1 N–H and O–H groups in total. The minimum absolute atomic E-state index is 0.187. The third kappa shape index (κ3) is 4.25. The van der Waals surface area contributed by atoms with E-state index < -0.39 is 18.4 Å². The Morgan fingerprint density at radius 3 is 2.81 bits per heavy atom. The molecule has 0 aliphatic carbocycles. The molecule has 1 heterocycles. The molecule has 1 aliphatic rings. The zero-order chi connectivity index (χ0) is 19.4. The number of halogens is 1. The van der Waals surface area contributed by atoms with E-state index in [1.54, 1.807) is 24.3 Å². The Labute approximate surface area is 154 Å². The van der Waals surface area contributed by atoms with Gasteiger partial charge in [0.25, 0.3) is 0 Å². The van der Waals surface area contributed by atoms with Crippen molar-refractivity contribution in [3.05, 3.63) is 58.9 Å². The minimum Gasteiger partial charge on any atom is -0.493 e. The Morgan fingerprint density at radius 2 is 2.07 bits per heavy atom. The Bertz CT molecular complexity index is 919. The van der Waals surface area contributed by atoms with Crippen LogP contribution in [0.3, 0.4) is 0 Å². The molecule has 1 aliphatic heterocycles. The van der Waals surface area contributed by atoms with E-state index in [9.17, 15) is 14.0 Å². The van der Waals surface area contributed by atoms with Gasteiger partial charge in [0, 0.05) is 12.0 Å². The van der Waals surface area contributed by atoms with Crippen LogP contribution in [0.25, 0.3) is 6.08 Å². The highest BCUT2D eigenvalue weighted by Gasteiger charge is 2.22. The number of methoxy groups -OCH3 is 1. The fourth-order valence-corrected chi connectivity index (χ4v) is 2.73. The summed E-state index contributed by atoms with van der Waals surface area (Å²) < 4.78 is 29.4. The number of ketones is 1. The molecule has 140 valence electrons. The fraction of sp³-hybridized carbons (Fsp3) is 0.200. The first-order chi connectivity index (χ1) is 13.0. The Balaban J connectivity index is 1.91. The van der Waals surface area contributed by atoms with Crippen molar-refractivity contribution >= 4 is 17.8 Å². The van der Waals surface area contributed by atoms with Gasteiger partial charge in [0.05, 0.1) is 19.3 Å². The van der Waals surface area contributed by atoms with Gasteiger partial charge in [-0.15, -0.1) is 0 Å². The molecular formula is C20H17FO6. The standard InChI is InChI=1S/C20H17FO6/c1-25-18-9-12(2-4-17(18)27-11-19(22)23)8-13-6-7-26-16-5-3-14(21)10-15(16)20(13)24/h2-5,8-10H,6-7,11H2,1H3,(H,22,23). The summed E-state index contributed by atoms with van der Waals surface area (Å²) in [5.74, 6) is -0.918. The third-order valence-corrected chi connectivity index (χ3v) is 3.99. The smallest absolute Gasteiger partial charge is 0.341 e. The molecule has 0 atom stereocenters. The number of fused-ring (bicyclic) bond motifs is 1. The maximum Gasteiger partial charge on any atom is 0.341 e. The van der Waals surface area contributed by atoms with Crippen molar-refractivity contribution in [2.24, 2.45) is 0 Å². The van der Waals surface area contributed by atoms with E-state index in [-0.39, 0.29) is 17.1 Å². The fourth-order valence-electron chi connectivity index (χ4n) is 2.73. The number of aliphatic carboxylic acids is 1. The predicted octanol–water partition coefficient (Wildman–Crippen LogP) is 3.35. The summed E-state index contributed by atoms with van der Waals surface area (Å²) in [5.41, 5.74) is 1.32. The lowest BCUT2D eigenvalue weighted by atomic mass is 9.99. The number of ether oxygens (including phenoxy) is 3. The van der Waals surface area contributed by atoms with E-state index in [2.05, 4.69) is 0 Å². The molecule has 0 unspecified atom stereocenters. The van der Waals surface area contributed by atoms with Gasteiger partial charge in [0.15, 0.2) is 23.9 Å². The average Bonchev–Trinajstić information content (AvgIpc) is 2.80. The van der Waals surface area contributed by atoms with Gasteiger partial charge in [-0.25, -0.2) is 9.18 Å². The second-order valence-electron chi connectivity index (χ2n) is 5.83. The van der Waals surface area contributed by atoms with Crippen molar-refractivity contribution in [2.75, 3.05) is 20.3 Å². The summed E-state index contributed by atoms with van der Waals surface area (Å²) in [6.45, 7) is -0.192. The minimum atomic E-state index is -1.10. The first-order valence-electron chi connectivity index (χ1n) is 8.18. The lowest BCUT2D eigenvalue weighted by Gasteiger charge is -2.10. The van der Waals surface area contributed by atoms with Crippen molar-refractivity contribution in [2.45, 2.75) is 6.42 Å². The molecule has 0 aromatic heterocycles.